The van der Waals surface area contributed by atoms with Gasteiger partial charge in [0.15, 0.2) is 0 Å². The van der Waals surface area contributed by atoms with Crippen molar-refractivity contribution in [1.82, 2.24) is 4.90 Å². The molecule has 0 aromatic rings. The minimum atomic E-state index is -0.754. The summed E-state index contributed by atoms with van der Waals surface area (Å²) < 4.78 is 0. The number of piperidine rings is 1. The first-order valence-electron chi connectivity index (χ1n) is 3.41. The van der Waals surface area contributed by atoms with Gasteiger partial charge in [-0.1, -0.05) is 0 Å². The van der Waals surface area contributed by atoms with Crippen LogP contribution < -0.4 is 5.73 Å². The van der Waals surface area contributed by atoms with Crippen molar-refractivity contribution >= 4 is 0 Å². The predicted molar refractivity (Wildman–Crippen MR) is 37.5 cm³/mol. The lowest BCUT2D eigenvalue weighted by Gasteiger charge is -2.35. The highest BCUT2D eigenvalue weighted by Gasteiger charge is 2.30. The van der Waals surface area contributed by atoms with Gasteiger partial charge in [0, 0.05) is 19.1 Å². The highest BCUT2D eigenvalue weighted by atomic mass is 16.3. The van der Waals surface area contributed by atoms with E-state index in [0.29, 0.717) is 13.1 Å². The third-order valence-electron chi connectivity index (χ3n) is 1.85. The van der Waals surface area contributed by atoms with Crippen LogP contribution in [-0.2, 0) is 0 Å². The van der Waals surface area contributed by atoms with E-state index in [1.54, 1.807) is 0 Å². The van der Waals surface area contributed by atoms with Crippen molar-refractivity contribution in [2.45, 2.75) is 18.2 Å². The number of nitrogens with zero attached hydrogens (tertiary/aromatic N) is 1. The molecule has 1 fully saturated rings. The third-order valence-corrected chi connectivity index (χ3v) is 1.85. The van der Waals surface area contributed by atoms with Gasteiger partial charge in [-0.25, -0.2) is 0 Å². The van der Waals surface area contributed by atoms with Crippen LogP contribution >= 0.6 is 0 Å². The average Bonchev–Trinajstić information content (AvgIpc) is 1.82. The molecule has 0 spiro atoms. The molecule has 0 aromatic carbocycles. The van der Waals surface area contributed by atoms with E-state index in [1.165, 1.54) is 0 Å². The summed E-state index contributed by atoms with van der Waals surface area (Å²) in [5.74, 6) is 0. The Morgan fingerprint density at radius 3 is 2.50 bits per heavy atom. The molecule has 1 rings (SSSR count). The number of hydrogen-bond acceptors (Lipinski definition) is 4. The number of aliphatic hydroxyl groups excluding tert-OH is 2. The van der Waals surface area contributed by atoms with Gasteiger partial charge in [-0.2, -0.15) is 0 Å². The van der Waals surface area contributed by atoms with Gasteiger partial charge in [0.25, 0.3) is 0 Å². The predicted octanol–water partition coefficient (Wildman–Crippen LogP) is -2.02. The molecular weight excluding hydrogens is 132 g/mol. The van der Waals surface area contributed by atoms with Crippen molar-refractivity contribution in [3.63, 3.8) is 0 Å². The number of likely N-dealkylation sites (tertiary alicyclic amines) is 1. The van der Waals surface area contributed by atoms with Crippen molar-refractivity contribution in [3.05, 3.63) is 0 Å². The molecule has 1 aliphatic rings. The first kappa shape index (κ1) is 7.94. The molecule has 4 nitrogen and oxygen atoms in total. The summed E-state index contributed by atoms with van der Waals surface area (Å²) in [6, 6.07) is -0.311. The van der Waals surface area contributed by atoms with E-state index >= 15 is 0 Å². The van der Waals surface area contributed by atoms with Crippen molar-refractivity contribution < 1.29 is 10.2 Å². The Hall–Kier alpha value is -0.160. The number of likely N-dealkylation sites (N-methyl/N-ethyl adjacent to an activating group) is 1. The summed E-state index contributed by atoms with van der Waals surface area (Å²) >= 11 is 0. The lowest BCUT2D eigenvalue weighted by Crippen LogP contribution is -2.57. The van der Waals surface area contributed by atoms with E-state index in [0.717, 1.165) is 0 Å². The van der Waals surface area contributed by atoms with Crippen LogP contribution in [0.1, 0.15) is 0 Å². The lowest BCUT2D eigenvalue weighted by atomic mass is 10.0. The van der Waals surface area contributed by atoms with Gasteiger partial charge >= 0.3 is 0 Å². The first-order chi connectivity index (χ1) is 4.61. The maximum atomic E-state index is 9.16. The minimum Gasteiger partial charge on any atom is -0.389 e. The fourth-order valence-electron chi connectivity index (χ4n) is 1.26. The molecule has 0 radical (unpaired) electrons. The Bertz CT molecular complexity index is 108. The van der Waals surface area contributed by atoms with E-state index in [4.69, 9.17) is 15.9 Å². The molecule has 1 aliphatic heterocycles. The summed E-state index contributed by atoms with van der Waals surface area (Å²) in [7, 11) is 1.87. The summed E-state index contributed by atoms with van der Waals surface area (Å²) in [4.78, 5) is 1.90. The zero-order chi connectivity index (χ0) is 7.72. The Balaban J connectivity index is 2.49. The topological polar surface area (TPSA) is 69.7 Å². The molecule has 4 heteroatoms. The standard InChI is InChI=1S/C6H14N2O2/c1-8-2-4(7)6(10)5(9)3-8/h4-6,9-10H,2-3,7H2,1H3. The average molecular weight is 146 g/mol. The summed E-state index contributed by atoms with van der Waals surface area (Å²) in [5, 5.41) is 18.3. The maximum Gasteiger partial charge on any atom is 0.0974 e. The van der Waals surface area contributed by atoms with E-state index in [2.05, 4.69) is 0 Å². The van der Waals surface area contributed by atoms with Crippen LogP contribution in [0, 0.1) is 0 Å². The number of β-amino-alcohol motifs (C(OH)–C–C–N with tert-alkyl or cyclic N) is 1. The van der Waals surface area contributed by atoms with E-state index < -0.39 is 12.2 Å². The normalized spacial score (nSPS) is 43.8. The largest absolute Gasteiger partial charge is 0.389 e. The zero-order valence-electron chi connectivity index (χ0n) is 6.07. The van der Waals surface area contributed by atoms with Gasteiger partial charge in [-0.3, -0.25) is 0 Å². The maximum absolute atomic E-state index is 9.16. The van der Waals surface area contributed by atoms with E-state index in [9.17, 15) is 0 Å². The molecule has 0 aromatic heterocycles. The van der Waals surface area contributed by atoms with E-state index in [1.807, 2.05) is 11.9 Å². The SMILES string of the molecule is CN1CC(N)C(O)C(O)C1. The highest BCUT2D eigenvalue weighted by Crippen LogP contribution is 2.07. The van der Waals surface area contributed by atoms with Crippen LogP contribution in [0.3, 0.4) is 0 Å². The Morgan fingerprint density at radius 1 is 1.40 bits per heavy atom. The van der Waals surface area contributed by atoms with Crippen LogP contribution in [0.25, 0.3) is 0 Å². The molecule has 0 bridgehead atoms. The van der Waals surface area contributed by atoms with Gasteiger partial charge < -0.3 is 20.8 Å². The summed E-state index contributed by atoms with van der Waals surface area (Å²) in [6.07, 6.45) is -1.44. The molecule has 1 saturated heterocycles. The van der Waals surface area contributed by atoms with Crippen LogP contribution in [0.5, 0.6) is 0 Å². The molecule has 0 amide bonds. The molecule has 4 N–H and O–H groups in total. The molecule has 1 heterocycles. The first-order valence-corrected chi connectivity index (χ1v) is 3.41. The van der Waals surface area contributed by atoms with Crippen molar-refractivity contribution in [2.75, 3.05) is 20.1 Å². The second-order valence-electron chi connectivity index (χ2n) is 2.94. The van der Waals surface area contributed by atoms with Crippen molar-refractivity contribution in [2.24, 2.45) is 5.73 Å². The summed E-state index contributed by atoms with van der Waals surface area (Å²) in [5.41, 5.74) is 5.51. The minimum absolute atomic E-state index is 0.311. The fourth-order valence-corrected chi connectivity index (χ4v) is 1.26. The monoisotopic (exact) mass is 146 g/mol. The van der Waals surface area contributed by atoms with E-state index in [-0.39, 0.29) is 6.04 Å². The smallest absolute Gasteiger partial charge is 0.0974 e. The second-order valence-corrected chi connectivity index (χ2v) is 2.94. The van der Waals surface area contributed by atoms with Gasteiger partial charge in [0.2, 0.25) is 0 Å². The highest BCUT2D eigenvalue weighted by molar-refractivity contribution is 4.87. The molecule has 10 heavy (non-hydrogen) atoms. The molecule has 3 atom stereocenters. The summed E-state index contributed by atoms with van der Waals surface area (Å²) in [6.45, 7) is 1.16. The van der Waals surface area contributed by atoms with Crippen LogP contribution in [0.15, 0.2) is 0 Å². The third kappa shape index (κ3) is 1.46. The van der Waals surface area contributed by atoms with Gasteiger partial charge in [0.05, 0.1) is 12.2 Å². The number of nitrogens with two attached hydrogens (primary N) is 1. The Kier molecular flexibility index (Phi) is 2.25. The van der Waals surface area contributed by atoms with Gasteiger partial charge in [-0.05, 0) is 7.05 Å². The van der Waals surface area contributed by atoms with Crippen LogP contribution in [0.2, 0.25) is 0 Å². The quantitative estimate of drug-likeness (QED) is 0.369. The van der Waals surface area contributed by atoms with Crippen LogP contribution in [-0.4, -0.2) is 53.5 Å². The molecule has 0 saturated carbocycles. The molecular formula is C6H14N2O2. The molecule has 60 valence electrons. The van der Waals surface area contributed by atoms with Crippen LogP contribution in [0.4, 0.5) is 0 Å². The second kappa shape index (κ2) is 2.84. The molecule has 0 aliphatic carbocycles. The lowest BCUT2D eigenvalue weighted by molar-refractivity contribution is -0.0437. The number of hydrogen-bond donors (Lipinski definition) is 3. The van der Waals surface area contributed by atoms with Gasteiger partial charge in [-0.15, -0.1) is 0 Å². The van der Waals surface area contributed by atoms with Crippen molar-refractivity contribution in [3.8, 4) is 0 Å². The molecule has 3 unspecified atom stereocenters. The Labute approximate surface area is 60.2 Å². The zero-order valence-corrected chi connectivity index (χ0v) is 6.07. The van der Waals surface area contributed by atoms with Gasteiger partial charge in [0.1, 0.15) is 0 Å². The fraction of sp³-hybridized carbons (Fsp3) is 1.00. The number of aliphatic hydroxyl groups is 2. The van der Waals surface area contributed by atoms with Crippen molar-refractivity contribution in [1.29, 1.82) is 0 Å². The Morgan fingerprint density at radius 2 is 2.00 bits per heavy atom. The number of rotatable bonds is 0.